The molecule has 1 aliphatic carbocycles. The van der Waals surface area contributed by atoms with Gasteiger partial charge in [0.25, 0.3) is 5.69 Å². The molecule has 4 rings (SSSR count). The molecule has 0 radical (unpaired) electrons. The molecular weight excluding hydrogens is 270 g/mol. The second kappa shape index (κ2) is 4.15. The van der Waals surface area contributed by atoms with E-state index in [1.807, 2.05) is 32.0 Å². The van der Waals surface area contributed by atoms with Crippen LogP contribution in [0.1, 0.15) is 22.5 Å². The number of hydrogen-bond donors (Lipinski definition) is 0. The van der Waals surface area contributed by atoms with Crippen molar-refractivity contribution in [1.29, 1.82) is 0 Å². The topological polar surface area (TPSA) is 83.7 Å². The quantitative estimate of drug-likeness (QED) is 0.496. The molecule has 0 N–H and O–H groups in total. The Hall–Kier alpha value is -2.70. The fraction of sp³-hybridized carbons (Fsp3) is 0.286. The van der Waals surface area contributed by atoms with Gasteiger partial charge in [-0.1, -0.05) is 17.3 Å². The van der Waals surface area contributed by atoms with Gasteiger partial charge in [-0.2, -0.15) is 0 Å². The van der Waals surface area contributed by atoms with Gasteiger partial charge in [0.2, 0.25) is 0 Å². The zero-order chi connectivity index (χ0) is 14.6. The number of rotatable bonds is 1. The van der Waals surface area contributed by atoms with Gasteiger partial charge in [0.1, 0.15) is 11.4 Å². The second-order valence-electron chi connectivity index (χ2n) is 5.24. The normalized spacial score (nSPS) is 13.0. The molecule has 0 spiro atoms. The maximum Gasteiger partial charge on any atom is 0.276 e. The first kappa shape index (κ1) is 12.1. The third-order valence-corrected chi connectivity index (χ3v) is 4.04. The van der Waals surface area contributed by atoms with Crippen molar-refractivity contribution in [3.05, 3.63) is 45.9 Å². The highest BCUT2D eigenvalue weighted by molar-refractivity contribution is 5.60. The van der Waals surface area contributed by atoms with Gasteiger partial charge >= 0.3 is 0 Å². The number of fused-ring (bicyclic) bond motifs is 3. The number of aryl methyl sites for hydroxylation is 2. The molecule has 21 heavy (non-hydrogen) atoms. The summed E-state index contributed by atoms with van der Waals surface area (Å²) in [7, 11) is 0. The van der Waals surface area contributed by atoms with Gasteiger partial charge in [0.15, 0.2) is 11.4 Å². The van der Waals surface area contributed by atoms with E-state index in [1.165, 1.54) is 4.80 Å². The molecule has 0 unspecified atom stereocenters. The Kier molecular flexibility index (Phi) is 2.38. The van der Waals surface area contributed by atoms with Crippen molar-refractivity contribution in [2.45, 2.75) is 26.7 Å². The second-order valence-corrected chi connectivity index (χ2v) is 5.24. The highest BCUT2D eigenvalue weighted by atomic mass is 16.6. The third-order valence-electron chi connectivity index (χ3n) is 4.04. The maximum atomic E-state index is 12.5. The van der Waals surface area contributed by atoms with Crippen molar-refractivity contribution in [3.8, 4) is 17.1 Å². The van der Waals surface area contributed by atoms with E-state index >= 15 is 0 Å². The van der Waals surface area contributed by atoms with Crippen molar-refractivity contribution in [2.24, 2.45) is 0 Å². The number of aromatic nitrogens is 5. The Morgan fingerprint density at radius 2 is 2.05 bits per heavy atom. The van der Waals surface area contributed by atoms with Gasteiger partial charge in [0.05, 0.1) is 5.10 Å². The molecule has 0 atom stereocenters. The molecule has 1 aliphatic rings. The lowest BCUT2D eigenvalue weighted by molar-refractivity contribution is -0.695. The molecular formula is C14H13N5O2. The van der Waals surface area contributed by atoms with Gasteiger partial charge in [-0.05, 0) is 41.0 Å². The predicted molar refractivity (Wildman–Crippen MR) is 72.7 cm³/mol. The summed E-state index contributed by atoms with van der Waals surface area (Å²) >= 11 is 0. The van der Waals surface area contributed by atoms with Crippen LogP contribution in [0.2, 0.25) is 0 Å². The fourth-order valence-electron chi connectivity index (χ4n) is 2.69. The van der Waals surface area contributed by atoms with Crippen LogP contribution >= 0.6 is 0 Å². The Bertz CT molecular complexity index is 849. The highest BCUT2D eigenvalue weighted by Crippen LogP contribution is 2.28. The van der Waals surface area contributed by atoms with E-state index in [0.29, 0.717) is 29.9 Å². The molecule has 2 heterocycles. The minimum absolute atomic E-state index is 0.563. The summed E-state index contributed by atoms with van der Waals surface area (Å²) in [6.45, 7) is 3.99. The smallest absolute Gasteiger partial charge is 0.276 e. The van der Waals surface area contributed by atoms with Crippen LogP contribution in [-0.2, 0) is 12.8 Å². The van der Waals surface area contributed by atoms with Gasteiger partial charge in [-0.25, -0.2) is 4.63 Å². The SMILES string of the molecule is Cc1cccc(-n2nc3c([n+]2[O-])CCc2nonc2-3)c1C. The van der Waals surface area contributed by atoms with Crippen LogP contribution in [0.3, 0.4) is 0 Å². The van der Waals surface area contributed by atoms with Crippen LogP contribution in [0.4, 0.5) is 0 Å². The summed E-state index contributed by atoms with van der Waals surface area (Å²) in [5.41, 5.74) is 5.42. The Labute approximate surface area is 120 Å². The molecule has 0 aliphatic heterocycles. The molecule has 3 aromatic rings. The number of nitrogens with zero attached hydrogens (tertiary/aromatic N) is 5. The molecule has 0 saturated carbocycles. The predicted octanol–water partition coefficient (Wildman–Crippen LogP) is 1.27. The lowest BCUT2D eigenvalue weighted by Crippen LogP contribution is -2.41. The van der Waals surface area contributed by atoms with E-state index in [2.05, 4.69) is 15.4 Å². The Morgan fingerprint density at radius 3 is 2.90 bits per heavy atom. The molecule has 2 aromatic heterocycles. The van der Waals surface area contributed by atoms with E-state index < -0.39 is 0 Å². The Morgan fingerprint density at radius 1 is 1.19 bits per heavy atom. The standard InChI is InChI=1S/C14H13N5O2/c1-8-4-3-5-11(9(8)2)18-15-14-12(19(18)20)7-6-10-13(14)17-21-16-10/h3-5H,6-7H2,1-2H3. The largest absolute Gasteiger partial charge is 0.692 e. The van der Waals surface area contributed by atoms with Gasteiger partial charge in [-0.3, -0.25) is 0 Å². The molecule has 7 heteroatoms. The highest BCUT2D eigenvalue weighted by Gasteiger charge is 2.34. The van der Waals surface area contributed by atoms with Gasteiger partial charge in [-0.15, -0.1) is 4.85 Å². The van der Waals surface area contributed by atoms with Crippen LogP contribution < -0.4 is 4.85 Å². The van der Waals surface area contributed by atoms with E-state index in [0.717, 1.165) is 27.4 Å². The third kappa shape index (κ3) is 1.60. The van der Waals surface area contributed by atoms with E-state index in [4.69, 9.17) is 4.63 Å². The minimum atomic E-state index is 0.563. The van der Waals surface area contributed by atoms with Crippen LogP contribution in [0, 0.1) is 19.1 Å². The minimum Gasteiger partial charge on any atom is -0.692 e. The summed E-state index contributed by atoms with van der Waals surface area (Å²) in [4.78, 5) is 2.23. The fourth-order valence-corrected chi connectivity index (χ4v) is 2.69. The summed E-state index contributed by atoms with van der Waals surface area (Å²) in [6, 6.07) is 5.82. The lowest BCUT2D eigenvalue weighted by atomic mass is 10.0. The molecule has 0 bridgehead atoms. The molecule has 0 fully saturated rings. The van der Waals surface area contributed by atoms with E-state index in [1.54, 1.807) is 0 Å². The zero-order valence-electron chi connectivity index (χ0n) is 11.7. The van der Waals surface area contributed by atoms with Gasteiger partial charge in [0, 0.05) is 12.8 Å². The average molecular weight is 283 g/mol. The van der Waals surface area contributed by atoms with Crippen molar-refractivity contribution in [2.75, 3.05) is 0 Å². The summed E-state index contributed by atoms with van der Waals surface area (Å²) in [5, 5.41) is 24.7. The van der Waals surface area contributed by atoms with E-state index in [-0.39, 0.29) is 0 Å². The Balaban J connectivity index is 1.96. The molecule has 1 aromatic carbocycles. The molecule has 0 amide bonds. The van der Waals surface area contributed by atoms with Crippen LogP contribution in [0.5, 0.6) is 0 Å². The van der Waals surface area contributed by atoms with Crippen molar-refractivity contribution < 1.29 is 9.47 Å². The van der Waals surface area contributed by atoms with Crippen LogP contribution in [-0.4, -0.2) is 20.2 Å². The molecule has 106 valence electrons. The average Bonchev–Trinajstić information content (AvgIpc) is 3.07. The molecule has 7 nitrogen and oxygen atoms in total. The summed E-state index contributed by atoms with van der Waals surface area (Å²) < 4.78 is 4.76. The number of hydrogen-bond acceptors (Lipinski definition) is 5. The van der Waals surface area contributed by atoms with Crippen molar-refractivity contribution >= 4 is 0 Å². The monoisotopic (exact) mass is 283 g/mol. The first-order valence-corrected chi connectivity index (χ1v) is 6.77. The van der Waals surface area contributed by atoms with Gasteiger partial charge < -0.3 is 5.21 Å². The lowest BCUT2D eigenvalue weighted by Gasteiger charge is -2.10. The van der Waals surface area contributed by atoms with E-state index in [9.17, 15) is 5.21 Å². The first-order chi connectivity index (χ1) is 10.2. The maximum absolute atomic E-state index is 12.5. The first-order valence-electron chi connectivity index (χ1n) is 6.77. The summed E-state index contributed by atoms with van der Waals surface area (Å²) in [5.74, 6) is 0. The van der Waals surface area contributed by atoms with Crippen molar-refractivity contribution in [1.82, 2.24) is 20.2 Å². The summed E-state index contributed by atoms with van der Waals surface area (Å²) in [6.07, 6.45) is 1.23. The molecule has 0 saturated heterocycles. The van der Waals surface area contributed by atoms with Crippen LogP contribution in [0.25, 0.3) is 17.1 Å². The number of benzene rings is 1. The van der Waals surface area contributed by atoms with Crippen molar-refractivity contribution in [3.63, 3.8) is 0 Å². The zero-order valence-corrected chi connectivity index (χ0v) is 11.7. The van der Waals surface area contributed by atoms with Crippen LogP contribution in [0.15, 0.2) is 22.8 Å².